The molecule has 2 aliphatic heterocycles. The first-order valence-corrected chi connectivity index (χ1v) is 12.9. The average molecular weight is 532 g/mol. The molecule has 1 amide bonds. The summed E-state index contributed by atoms with van der Waals surface area (Å²) in [5.74, 6) is 0.784. The number of hydrogen-bond acceptors (Lipinski definition) is 6. The predicted molar refractivity (Wildman–Crippen MR) is 143 cm³/mol. The van der Waals surface area contributed by atoms with Crippen LogP contribution in [0.2, 0.25) is 5.02 Å². The predicted octanol–water partition coefficient (Wildman–Crippen LogP) is 5.76. The molecule has 7 nitrogen and oxygen atoms in total. The first-order chi connectivity index (χ1) is 18.5. The van der Waals surface area contributed by atoms with E-state index in [0.717, 1.165) is 18.4 Å². The van der Waals surface area contributed by atoms with Crippen LogP contribution in [0.4, 0.5) is 0 Å². The molecule has 0 N–H and O–H groups in total. The molecular formula is C30H26ClNO6. The highest BCUT2D eigenvalue weighted by Gasteiger charge is 2.44. The number of fused-ring (bicyclic) bond motifs is 2. The van der Waals surface area contributed by atoms with Gasteiger partial charge >= 0.3 is 0 Å². The van der Waals surface area contributed by atoms with Crippen LogP contribution in [-0.4, -0.2) is 37.2 Å². The number of hydrogen-bond donors (Lipinski definition) is 0. The fourth-order valence-corrected chi connectivity index (χ4v) is 5.42. The van der Waals surface area contributed by atoms with Crippen molar-refractivity contribution < 1.29 is 23.4 Å². The molecule has 194 valence electrons. The third-order valence-corrected chi connectivity index (χ3v) is 7.33. The van der Waals surface area contributed by atoms with Gasteiger partial charge in [-0.2, -0.15) is 0 Å². The number of carbonyl (C=O) groups excluding carboxylic acids is 1. The summed E-state index contributed by atoms with van der Waals surface area (Å²) in [6.07, 6.45) is 1.68. The van der Waals surface area contributed by atoms with E-state index in [1.54, 1.807) is 30.2 Å². The van der Waals surface area contributed by atoms with Crippen LogP contribution >= 0.6 is 11.6 Å². The van der Waals surface area contributed by atoms with Crippen molar-refractivity contribution in [3.05, 3.63) is 104 Å². The Morgan fingerprint density at radius 2 is 1.87 bits per heavy atom. The standard InChI is InChI=1S/C30H26ClNO6/c1-35-25-14-19(9-11-24(25)37-17-18-6-3-2-4-7-18)27-26-28(33)22-15-20(31)10-12-23(22)38-29(26)30(34)32(27)16-21-8-5-13-36-21/h2-4,6-7,9-12,14-15,21,27H,5,8,13,16-17H2,1H3. The van der Waals surface area contributed by atoms with E-state index >= 15 is 0 Å². The summed E-state index contributed by atoms with van der Waals surface area (Å²) in [5.41, 5.74) is 2.09. The lowest BCUT2D eigenvalue weighted by molar-refractivity contribution is 0.0486. The van der Waals surface area contributed by atoms with Crippen LogP contribution in [0.5, 0.6) is 11.5 Å². The van der Waals surface area contributed by atoms with Gasteiger partial charge in [-0.25, -0.2) is 0 Å². The summed E-state index contributed by atoms with van der Waals surface area (Å²) in [6, 6.07) is 19.5. The topological polar surface area (TPSA) is 78.2 Å². The van der Waals surface area contributed by atoms with Crippen molar-refractivity contribution in [2.75, 3.05) is 20.3 Å². The van der Waals surface area contributed by atoms with Gasteiger partial charge < -0.3 is 23.5 Å². The van der Waals surface area contributed by atoms with E-state index in [0.29, 0.717) is 58.4 Å². The highest BCUT2D eigenvalue weighted by atomic mass is 35.5. The minimum atomic E-state index is -0.668. The Morgan fingerprint density at radius 1 is 1.03 bits per heavy atom. The Kier molecular flexibility index (Phi) is 6.55. The van der Waals surface area contributed by atoms with Crippen LogP contribution in [0.1, 0.15) is 46.1 Å². The zero-order valence-electron chi connectivity index (χ0n) is 20.8. The lowest BCUT2D eigenvalue weighted by Gasteiger charge is -2.28. The maximum atomic E-state index is 13.8. The Morgan fingerprint density at radius 3 is 2.63 bits per heavy atom. The lowest BCUT2D eigenvalue weighted by Crippen LogP contribution is -2.36. The number of nitrogens with zero attached hydrogens (tertiary/aromatic N) is 1. The molecule has 0 spiro atoms. The second-order valence-corrected chi connectivity index (χ2v) is 9.93. The van der Waals surface area contributed by atoms with E-state index < -0.39 is 6.04 Å². The number of rotatable bonds is 7. The van der Waals surface area contributed by atoms with E-state index in [1.165, 1.54) is 0 Å². The van der Waals surface area contributed by atoms with Gasteiger partial charge in [0.05, 0.1) is 30.2 Å². The summed E-state index contributed by atoms with van der Waals surface area (Å²) >= 11 is 6.19. The van der Waals surface area contributed by atoms with E-state index in [1.807, 2.05) is 48.5 Å². The molecule has 0 aliphatic carbocycles. The molecule has 1 saturated heterocycles. The van der Waals surface area contributed by atoms with Crippen LogP contribution < -0.4 is 14.9 Å². The Labute approximate surface area is 224 Å². The Bertz CT molecular complexity index is 1560. The smallest absolute Gasteiger partial charge is 0.291 e. The summed E-state index contributed by atoms with van der Waals surface area (Å²) in [5, 5.41) is 0.756. The van der Waals surface area contributed by atoms with Crippen molar-refractivity contribution in [1.82, 2.24) is 4.90 Å². The Balaban J connectivity index is 1.43. The number of benzene rings is 3. The largest absolute Gasteiger partial charge is 0.493 e. The maximum Gasteiger partial charge on any atom is 0.291 e. The van der Waals surface area contributed by atoms with Gasteiger partial charge in [0.1, 0.15) is 12.2 Å². The van der Waals surface area contributed by atoms with E-state index in [4.69, 9.17) is 30.2 Å². The van der Waals surface area contributed by atoms with Gasteiger partial charge in [0.2, 0.25) is 5.76 Å². The zero-order chi connectivity index (χ0) is 26.2. The molecule has 0 bridgehead atoms. The minimum absolute atomic E-state index is 0.0520. The van der Waals surface area contributed by atoms with Crippen LogP contribution in [0.3, 0.4) is 0 Å². The highest BCUT2D eigenvalue weighted by Crippen LogP contribution is 2.41. The Hall–Kier alpha value is -3.81. The van der Waals surface area contributed by atoms with Gasteiger partial charge in [-0.05, 0) is 54.3 Å². The van der Waals surface area contributed by atoms with E-state index in [2.05, 4.69) is 0 Å². The van der Waals surface area contributed by atoms with Crippen LogP contribution in [0.15, 0.2) is 75.9 Å². The monoisotopic (exact) mass is 531 g/mol. The molecule has 1 aromatic heterocycles. The molecule has 2 unspecified atom stereocenters. The van der Waals surface area contributed by atoms with Gasteiger partial charge in [0.25, 0.3) is 5.91 Å². The van der Waals surface area contributed by atoms with Gasteiger partial charge in [-0.15, -0.1) is 0 Å². The first-order valence-electron chi connectivity index (χ1n) is 12.6. The number of halogens is 1. The number of methoxy groups -OCH3 is 1. The van der Waals surface area contributed by atoms with Gasteiger partial charge in [-0.3, -0.25) is 9.59 Å². The quantitative estimate of drug-likeness (QED) is 0.302. The van der Waals surface area contributed by atoms with Crippen LogP contribution in [0.25, 0.3) is 11.0 Å². The average Bonchev–Trinajstić information content (AvgIpc) is 3.55. The molecule has 4 aromatic rings. The molecule has 0 saturated carbocycles. The first kappa shape index (κ1) is 24.5. The third-order valence-electron chi connectivity index (χ3n) is 7.09. The highest BCUT2D eigenvalue weighted by molar-refractivity contribution is 6.31. The second kappa shape index (κ2) is 10.2. The van der Waals surface area contributed by atoms with Crippen molar-refractivity contribution in [2.45, 2.75) is 31.6 Å². The van der Waals surface area contributed by atoms with Gasteiger partial charge in [0, 0.05) is 18.2 Å². The van der Waals surface area contributed by atoms with Gasteiger partial charge in [-0.1, -0.05) is 48.0 Å². The molecule has 2 atom stereocenters. The normalized spacial score (nSPS) is 18.7. The molecule has 0 radical (unpaired) electrons. The number of ether oxygens (including phenoxy) is 3. The second-order valence-electron chi connectivity index (χ2n) is 9.49. The minimum Gasteiger partial charge on any atom is -0.493 e. The molecule has 2 aliphatic rings. The molecule has 6 rings (SSSR count). The molecule has 1 fully saturated rings. The van der Waals surface area contributed by atoms with E-state index in [9.17, 15) is 9.59 Å². The van der Waals surface area contributed by atoms with Crippen molar-refractivity contribution in [3.8, 4) is 11.5 Å². The maximum absolute atomic E-state index is 13.8. The third kappa shape index (κ3) is 4.42. The van der Waals surface area contributed by atoms with Crippen molar-refractivity contribution in [1.29, 1.82) is 0 Å². The molecule has 38 heavy (non-hydrogen) atoms. The fourth-order valence-electron chi connectivity index (χ4n) is 5.24. The fraction of sp³-hybridized carbons (Fsp3) is 0.267. The van der Waals surface area contributed by atoms with Crippen molar-refractivity contribution in [3.63, 3.8) is 0 Å². The summed E-state index contributed by atoms with van der Waals surface area (Å²) in [7, 11) is 1.57. The summed E-state index contributed by atoms with van der Waals surface area (Å²) in [4.78, 5) is 29.1. The summed E-state index contributed by atoms with van der Waals surface area (Å²) < 4.78 is 23.6. The zero-order valence-corrected chi connectivity index (χ0v) is 21.6. The lowest BCUT2D eigenvalue weighted by atomic mass is 9.97. The SMILES string of the molecule is COc1cc(C2c3c(oc4ccc(Cl)cc4c3=O)C(=O)N2CC2CCCO2)ccc1OCc1ccccc1. The van der Waals surface area contributed by atoms with Crippen LogP contribution in [-0.2, 0) is 11.3 Å². The summed E-state index contributed by atoms with van der Waals surface area (Å²) in [6.45, 7) is 1.38. The van der Waals surface area contributed by atoms with E-state index in [-0.39, 0.29) is 23.2 Å². The molecule has 8 heteroatoms. The number of amides is 1. The van der Waals surface area contributed by atoms with Crippen molar-refractivity contribution >= 4 is 28.5 Å². The molecular weight excluding hydrogens is 506 g/mol. The number of carbonyl (C=O) groups is 1. The molecule has 3 heterocycles. The molecule has 3 aromatic carbocycles. The van der Waals surface area contributed by atoms with Gasteiger partial charge in [0.15, 0.2) is 16.9 Å². The van der Waals surface area contributed by atoms with Crippen LogP contribution in [0, 0.1) is 0 Å². The van der Waals surface area contributed by atoms with Crippen molar-refractivity contribution in [2.24, 2.45) is 0 Å².